The number of benzene rings is 1. The monoisotopic (exact) mass is 334 g/mol. The van der Waals surface area contributed by atoms with Crippen LogP contribution in [0, 0.1) is 5.92 Å². The summed E-state index contributed by atoms with van der Waals surface area (Å²) in [6, 6.07) is 5.51. The zero-order valence-electron chi connectivity index (χ0n) is 10.5. The first kappa shape index (κ1) is 12.1. The quantitative estimate of drug-likeness (QED) is 0.785. The van der Waals surface area contributed by atoms with Crippen molar-refractivity contribution >= 4 is 33.7 Å². The Kier molecular flexibility index (Phi) is 2.23. The smallest absolute Gasteiger partial charge is 0.255 e. The van der Waals surface area contributed by atoms with E-state index in [1.807, 2.05) is 12.1 Å². The van der Waals surface area contributed by atoms with Gasteiger partial charge >= 0.3 is 0 Å². The van der Waals surface area contributed by atoms with Crippen molar-refractivity contribution in [2.24, 2.45) is 5.92 Å². The number of nitrogens with zero attached hydrogens (tertiary/aromatic N) is 1. The van der Waals surface area contributed by atoms with Crippen LogP contribution in [-0.2, 0) is 16.1 Å². The molecule has 3 heterocycles. The third kappa shape index (κ3) is 1.35. The van der Waals surface area contributed by atoms with Gasteiger partial charge < -0.3 is 4.90 Å². The number of fused-ring (bicyclic) bond motifs is 3. The van der Waals surface area contributed by atoms with Gasteiger partial charge in [-0.05, 0) is 36.6 Å². The van der Waals surface area contributed by atoms with Crippen LogP contribution in [0.4, 0.5) is 0 Å². The molecule has 1 saturated carbocycles. The second-order valence-electron chi connectivity index (χ2n) is 5.65. The molecular formula is C14H11BrN2O3. The second kappa shape index (κ2) is 3.69. The number of halogens is 1. The predicted molar refractivity (Wildman–Crippen MR) is 72.6 cm³/mol. The Balaban J connectivity index is 1.71. The van der Waals surface area contributed by atoms with Crippen molar-refractivity contribution in [2.75, 3.05) is 0 Å². The lowest BCUT2D eigenvalue weighted by Crippen LogP contribution is -2.73. The lowest BCUT2D eigenvalue weighted by atomic mass is 9.63. The van der Waals surface area contributed by atoms with Crippen molar-refractivity contribution in [2.45, 2.75) is 24.9 Å². The molecule has 0 unspecified atom stereocenters. The Labute approximate surface area is 123 Å². The molecule has 3 amide bonds. The van der Waals surface area contributed by atoms with Gasteiger partial charge in [0, 0.05) is 22.5 Å². The van der Waals surface area contributed by atoms with Crippen LogP contribution in [0.3, 0.4) is 0 Å². The molecule has 0 radical (unpaired) electrons. The first-order valence-corrected chi connectivity index (χ1v) is 7.26. The van der Waals surface area contributed by atoms with Gasteiger partial charge in [0.2, 0.25) is 5.91 Å². The maximum absolute atomic E-state index is 12.5. The molecule has 2 saturated heterocycles. The molecule has 5 rings (SSSR count). The van der Waals surface area contributed by atoms with Crippen LogP contribution in [0.25, 0.3) is 0 Å². The van der Waals surface area contributed by atoms with Crippen LogP contribution in [0.2, 0.25) is 0 Å². The minimum Gasteiger partial charge on any atom is -0.319 e. The van der Waals surface area contributed by atoms with E-state index in [2.05, 4.69) is 21.2 Å². The third-order valence-electron chi connectivity index (χ3n) is 4.59. The SMILES string of the molecule is O=C1NC(=O)C2(N3Cc4cc(Br)ccc4C3=O)CC1C2. The van der Waals surface area contributed by atoms with E-state index in [1.54, 1.807) is 11.0 Å². The van der Waals surface area contributed by atoms with Crippen molar-refractivity contribution in [1.82, 2.24) is 10.2 Å². The van der Waals surface area contributed by atoms with Crippen molar-refractivity contribution in [3.63, 3.8) is 0 Å². The van der Waals surface area contributed by atoms with Crippen molar-refractivity contribution in [3.05, 3.63) is 33.8 Å². The van der Waals surface area contributed by atoms with E-state index in [-0.39, 0.29) is 23.6 Å². The molecule has 3 fully saturated rings. The van der Waals surface area contributed by atoms with Crippen LogP contribution >= 0.6 is 15.9 Å². The Hall–Kier alpha value is -1.69. The highest BCUT2D eigenvalue weighted by Crippen LogP contribution is 2.48. The largest absolute Gasteiger partial charge is 0.319 e. The lowest BCUT2D eigenvalue weighted by Gasteiger charge is -2.53. The van der Waals surface area contributed by atoms with Crippen LogP contribution in [0.1, 0.15) is 28.8 Å². The standard InChI is InChI=1S/C14H11BrN2O3/c15-9-1-2-10-7(3-9)6-17(12(10)19)14-4-8(5-14)11(18)16-13(14)20/h1-3,8H,4-6H2,(H,16,18,20). The fourth-order valence-corrected chi connectivity index (χ4v) is 3.84. The van der Waals surface area contributed by atoms with Gasteiger partial charge in [-0.3, -0.25) is 19.7 Å². The molecule has 0 spiro atoms. The summed E-state index contributed by atoms with van der Waals surface area (Å²) < 4.78 is 0.915. The van der Waals surface area contributed by atoms with Gasteiger partial charge in [-0.15, -0.1) is 0 Å². The van der Waals surface area contributed by atoms with Crippen molar-refractivity contribution in [1.29, 1.82) is 0 Å². The molecule has 6 heteroatoms. The summed E-state index contributed by atoms with van der Waals surface area (Å²) in [7, 11) is 0. The van der Waals surface area contributed by atoms with E-state index < -0.39 is 5.54 Å². The Morgan fingerprint density at radius 3 is 2.70 bits per heavy atom. The number of rotatable bonds is 1. The summed E-state index contributed by atoms with van der Waals surface area (Å²) in [4.78, 5) is 37.8. The zero-order chi connectivity index (χ0) is 14.1. The van der Waals surface area contributed by atoms with Crippen LogP contribution in [0.5, 0.6) is 0 Å². The van der Waals surface area contributed by atoms with Gasteiger partial charge in [-0.1, -0.05) is 15.9 Å². The van der Waals surface area contributed by atoms with Gasteiger partial charge in [-0.25, -0.2) is 0 Å². The maximum atomic E-state index is 12.5. The van der Waals surface area contributed by atoms with E-state index in [0.29, 0.717) is 24.9 Å². The number of nitrogens with one attached hydrogen (secondary N) is 1. The minimum absolute atomic E-state index is 0.115. The second-order valence-corrected chi connectivity index (χ2v) is 6.56. The summed E-state index contributed by atoms with van der Waals surface area (Å²) in [6.45, 7) is 0.432. The van der Waals surface area contributed by atoms with E-state index >= 15 is 0 Å². The fourth-order valence-electron chi connectivity index (χ4n) is 3.43. The molecule has 4 aliphatic rings. The Morgan fingerprint density at radius 1 is 1.25 bits per heavy atom. The van der Waals surface area contributed by atoms with Gasteiger partial charge in [0.15, 0.2) is 0 Å². The molecule has 1 aromatic carbocycles. The topological polar surface area (TPSA) is 66.5 Å². The summed E-state index contributed by atoms with van der Waals surface area (Å²) >= 11 is 3.39. The van der Waals surface area contributed by atoms with Gasteiger partial charge in [0.1, 0.15) is 5.54 Å². The maximum Gasteiger partial charge on any atom is 0.255 e. The average Bonchev–Trinajstić information content (AvgIpc) is 2.64. The molecule has 3 aliphatic heterocycles. The average molecular weight is 335 g/mol. The highest BCUT2D eigenvalue weighted by atomic mass is 79.9. The highest BCUT2D eigenvalue weighted by Gasteiger charge is 2.62. The predicted octanol–water partition coefficient (Wildman–Crippen LogP) is 1.21. The summed E-state index contributed by atoms with van der Waals surface area (Å²) in [5.74, 6) is -0.777. The van der Waals surface area contributed by atoms with Gasteiger partial charge in [-0.2, -0.15) is 0 Å². The lowest BCUT2D eigenvalue weighted by molar-refractivity contribution is -0.160. The van der Waals surface area contributed by atoms with Crippen LogP contribution in [-0.4, -0.2) is 28.2 Å². The molecule has 1 N–H and O–H groups in total. The number of imide groups is 1. The molecule has 1 aromatic rings. The van der Waals surface area contributed by atoms with E-state index in [9.17, 15) is 14.4 Å². The van der Waals surface area contributed by atoms with Crippen molar-refractivity contribution in [3.8, 4) is 0 Å². The number of hydrogen-bond donors (Lipinski definition) is 1. The number of piperidine rings is 2. The van der Waals surface area contributed by atoms with Crippen LogP contribution < -0.4 is 5.32 Å². The van der Waals surface area contributed by atoms with E-state index in [4.69, 9.17) is 0 Å². The number of carbonyl (C=O) groups is 3. The van der Waals surface area contributed by atoms with Gasteiger partial charge in [0.05, 0.1) is 0 Å². The minimum atomic E-state index is -0.818. The first-order chi connectivity index (χ1) is 9.51. The van der Waals surface area contributed by atoms with Crippen LogP contribution in [0.15, 0.2) is 22.7 Å². The highest BCUT2D eigenvalue weighted by molar-refractivity contribution is 9.10. The first-order valence-electron chi connectivity index (χ1n) is 6.47. The molecule has 0 aromatic heterocycles. The van der Waals surface area contributed by atoms with Gasteiger partial charge in [0.25, 0.3) is 11.8 Å². The summed E-state index contributed by atoms with van der Waals surface area (Å²) in [6.07, 6.45) is 0.914. The Morgan fingerprint density at radius 2 is 2.00 bits per heavy atom. The molecule has 0 atom stereocenters. The van der Waals surface area contributed by atoms with E-state index in [1.165, 1.54) is 0 Å². The third-order valence-corrected chi connectivity index (χ3v) is 5.08. The number of carbonyl (C=O) groups excluding carboxylic acids is 3. The molecule has 1 aliphatic carbocycles. The molecule has 20 heavy (non-hydrogen) atoms. The molecular weight excluding hydrogens is 324 g/mol. The fraction of sp³-hybridized carbons (Fsp3) is 0.357. The normalized spacial score (nSPS) is 30.9. The summed E-state index contributed by atoms with van der Waals surface area (Å²) in [5, 5.41) is 2.37. The molecule has 2 bridgehead atoms. The number of hydrogen-bond acceptors (Lipinski definition) is 3. The number of amides is 3. The zero-order valence-corrected chi connectivity index (χ0v) is 12.1. The Bertz CT molecular complexity index is 679. The summed E-state index contributed by atoms with van der Waals surface area (Å²) in [5.41, 5.74) is 0.754. The molecule has 5 nitrogen and oxygen atoms in total. The van der Waals surface area contributed by atoms with E-state index in [0.717, 1.165) is 10.0 Å². The molecule has 102 valence electrons. The van der Waals surface area contributed by atoms with Crippen molar-refractivity contribution < 1.29 is 14.4 Å².